The van der Waals surface area contributed by atoms with Crippen LogP contribution in [0.2, 0.25) is 12.1 Å². The van der Waals surface area contributed by atoms with E-state index < -0.39 is 18.1 Å². The molecule has 0 radical (unpaired) electrons. The van der Waals surface area contributed by atoms with Crippen LogP contribution >= 0.6 is 0 Å². The SMILES string of the molecule is CCO[SiH](CCC[Si](OCC)(OCC)OCC)OCC. The van der Waals surface area contributed by atoms with Crippen LogP contribution in [-0.4, -0.2) is 51.1 Å². The Morgan fingerprint density at radius 1 is 0.700 bits per heavy atom. The predicted molar refractivity (Wildman–Crippen MR) is 85.3 cm³/mol. The summed E-state index contributed by atoms with van der Waals surface area (Å²) in [6.07, 6.45) is 0.975. The lowest BCUT2D eigenvalue weighted by atomic mass is 10.6. The normalized spacial score (nSPS) is 12.3. The van der Waals surface area contributed by atoms with E-state index in [4.69, 9.17) is 22.1 Å². The molecule has 0 aliphatic carbocycles. The van der Waals surface area contributed by atoms with Crippen molar-refractivity contribution in [3.05, 3.63) is 0 Å². The van der Waals surface area contributed by atoms with Gasteiger partial charge in [0.15, 0.2) is 0 Å². The van der Waals surface area contributed by atoms with E-state index in [-0.39, 0.29) is 0 Å². The third kappa shape index (κ3) is 8.50. The average Bonchev–Trinajstić information content (AvgIpc) is 2.40. The van der Waals surface area contributed by atoms with Crippen molar-refractivity contribution in [3.8, 4) is 0 Å². The molecule has 0 saturated heterocycles. The lowest BCUT2D eigenvalue weighted by Crippen LogP contribution is -2.46. The van der Waals surface area contributed by atoms with Gasteiger partial charge in [-0.15, -0.1) is 0 Å². The molecule has 0 atom stereocenters. The van der Waals surface area contributed by atoms with E-state index in [1.54, 1.807) is 0 Å². The Labute approximate surface area is 127 Å². The van der Waals surface area contributed by atoms with Gasteiger partial charge in [-0.05, 0) is 47.1 Å². The fourth-order valence-electron chi connectivity index (χ4n) is 2.07. The van der Waals surface area contributed by atoms with Gasteiger partial charge in [-0.1, -0.05) is 0 Å². The molecule has 0 spiro atoms. The number of hydrogen-bond acceptors (Lipinski definition) is 5. The maximum absolute atomic E-state index is 5.84. The molecule has 0 amide bonds. The Morgan fingerprint density at radius 2 is 1.15 bits per heavy atom. The van der Waals surface area contributed by atoms with Gasteiger partial charge in [-0.25, -0.2) is 0 Å². The highest BCUT2D eigenvalue weighted by Crippen LogP contribution is 2.20. The molecule has 0 N–H and O–H groups in total. The molecule has 20 heavy (non-hydrogen) atoms. The molecule has 5 nitrogen and oxygen atoms in total. The Morgan fingerprint density at radius 3 is 1.50 bits per heavy atom. The van der Waals surface area contributed by atoms with Gasteiger partial charge >= 0.3 is 18.1 Å². The topological polar surface area (TPSA) is 46.2 Å². The Bertz CT molecular complexity index is 196. The minimum Gasteiger partial charge on any atom is -0.397 e. The fourth-order valence-corrected chi connectivity index (χ4v) is 6.83. The second kappa shape index (κ2) is 12.9. The smallest absolute Gasteiger partial charge is 0.397 e. The van der Waals surface area contributed by atoms with E-state index in [1.807, 2.05) is 34.6 Å². The maximum atomic E-state index is 5.84. The summed E-state index contributed by atoms with van der Waals surface area (Å²) in [5.41, 5.74) is 0. The molecule has 0 saturated carbocycles. The Kier molecular flexibility index (Phi) is 13.1. The first-order chi connectivity index (χ1) is 9.67. The summed E-state index contributed by atoms with van der Waals surface area (Å²) in [5.74, 6) is 0. The van der Waals surface area contributed by atoms with Gasteiger partial charge in [0.2, 0.25) is 0 Å². The number of hydrogen-bond donors (Lipinski definition) is 0. The molecule has 0 aromatic carbocycles. The Hall–Kier alpha value is 0.234. The summed E-state index contributed by atoms with van der Waals surface area (Å²) < 4.78 is 28.9. The van der Waals surface area contributed by atoms with Crippen molar-refractivity contribution in [2.75, 3.05) is 33.0 Å². The second-order valence-electron chi connectivity index (χ2n) is 4.21. The minimum atomic E-state index is -2.50. The quantitative estimate of drug-likeness (QED) is 0.460. The average molecular weight is 325 g/mol. The largest absolute Gasteiger partial charge is 0.500 e. The van der Waals surface area contributed by atoms with Gasteiger partial charge < -0.3 is 22.1 Å². The van der Waals surface area contributed by atoms with Crippen molar-refractivity contribution in [1.29, 1.82) is 0 Å². The van der Waals surface area contributed by atoms with E-state index in [9.17, 15) is 0 Å². The zero-order valence-electron chi connectivity index (χ0n) is 13.8. The van der Waals surface area contributed by atoms with Crippen LogP contribution in [0.25, 0.3) is 0 Å². The van der Waals surface area contributed by atoms with Crippen molar-refractivity contribution in [1.82, 2.24) is 0 Å². The van der Waals surface area contributed by atoms with Gasteiger partial charge in [-0.3, -0.25) is 0 Å². The van der Waals surface area contributed by atoms with Crippen molar-refractivity contribution in [2.45, 2.75) is 53.1 Å². The van der Waals surface area contributed by atoms with Crippen LogP contribution in [0.5, 0.6) is 0 Å². The van der Waals surface area contributed by atoms with Gasteiger partial charge in [0, 0.05) is 39.1 Å². The standard InChI is InChI=1S/C13H32O5Si2/c1-6-14-19(15-7-2)12-11-13-20(16-8-3,17-9-4)18-10-5/h19H,6-13H2,1-5H3. The summed E-state index contributed by atoms with van der Waals surface area (Å²) in [5, 5.41) is 0. The maximum Gasteiger partial charge on any atom is 0.500 e. The highest BCUT2D eigenvalue weighted by molar-refractivity contribution is 6.60. The molecule has 0 heterocycles. The second-order valence-corrected chi connectivity index (χ2v) is 9.05. The number of rotatable bonds is 14. The van der Waals surface area contributed by atoms with Gasteiger partial charge in [0.1, 0.15) is 0 Å². The van der Waals surface area contributed by atoms with Crippen LogP contribution in [0.1, 0.15) is 41.0 Å². The van der Waals surface area contributed by atoms with Crippen LogP contribution in [-0.2, 0) is 22.1 Å². The zero-order chi connectivity index (χ0) is 15.3. The highest BCUT2D eigenvalue weighted by Gasteiger charge is 2.39. The van der Waals surface area contributed by atoms with Gasteiger partial charge in [0.25, 0.3) is 0 Å². The van der Waals surface area contributed by atoms with E-state index >= 15 is 0 Å². The van der Waals surface area contributed by atoms with Crippen LogP contribution < -0.4 is 0 Å². The monoisotopic (exact) mass is 324 g/mol. The lowest BCUT2D eigenvalue weighted by Gasteiger charge is -2.28. The molecule has 0 aliphatic rings. The summed E-state index contributed by atoms with van der Waals surface area (Å²) in [4.78, 5) is 0. The summed E-state index contributed by atoms with van der Waals surface area (Å²) >= 11 is 0. The molecular weight excluding hydrogens is 292 g/mol. The van der Waals surface area contributed by atoms with E-state index in [0.717, 1.165) is 31.7 Å². The minimum absolute atomic E-state index is 0.629. The first kappa shape index (κ1) is 20.2. The molecule has 7 heteroatoms. The highest BCUT2D eigenvalue weighted by atomic mass is 28.4. The van der Waals surface area contributed by atoms with E-state index in [1.165, 1.54) is 0 Å². The van der Waals surface area contributed by atoms with Gasteiger partial charge in [-0.2, -0.15) is 0 Å². The molecule has 0 unspecified atom stereocenters. The first-order valence-electron chi connectivity index (χ1n) is 7.82. The molecule has 0 bridgehead atoms. The summed E-state index contributed by atoms with van der Waals surface area (Å²) in [6, 6.07) is 1.82. The molecule has 0 fully saturated rings. The molecule has 0 aromatic heterocycles. The van der Waals surface area contributed by atoms with Gasteiger partial charge in [0.05, 0.1) is 0 Å². The van der Waals surface area contributed by atoms with Crippen molar-refractivity contribution < 1.29 is 22.1 Å². The molecule has 122 valence electrons. The van der Waals surface area contributed by atoms with Crippen LogP contribution in [0, 0.1) is 0 Å². The van der Waals surface area contributed by atoms with E-state index in [0.29, 0.717) is 19.8 Å². The van der Waals surface area contributed by atoms with Crippen LogP contribution in [0.15, 0.2) is 0 Å². The molecule has 0 rings (SSSR count). The van der Waals surface area contributed by atoms with Crippen molar-refractivity contribution in [2.24, 2.45) is 0 Å². The summed E-state index contributed by atoms with van der Waals surface area (Å²) in [7, 11) is -4.02. The zero-order valence-corrected chi connectivity index (χ0v) is 15.9. The van der Waals surface area contributed by atoms with Crippen LogP contribution in [0.3, 0.4) is 0 Å². The molecular formula is C13H32O5Si2. The fraction of sp³-hybridized carbons (Fsp3) is 1.00. The molecule has 0 aliphatic heterocycles. The third-order valence-electron chi connectivity index (χ3n) is 2.72. The lowest BCUT2D eigenvalue weighted by molar-refractivity contribution is 0.0710. The first-order valence-corrected chi connectivity index (χ1v) is 11.5. The van der Waals surface area contributed by atoms with Crippen LogP contribution in [0.4, 0.5) is 0 Å². The van der Waals surface area contributed by atoms with E-state index in [2.05, 4.69) is 0 Å². The van der Waals surface area contributed by atoms with Crippen molar-refractivity contribution in [3.63, 3.8) is 0 Å². The summed E-state index contributed by atoms with van der Waals surface area (Å²) in [6.45, 7) is 13.3. The molecule has 0 aromatic rings. The van der Waals surface area contributed by atoms with Crippen molar-refractivity contribution >= 4 is 18.1 Å². The Balaban J connectivity index is 4.34. The predicted octanol–water partition coefficient (Wildman–Crippen LogP) is 2.72. The third-order valence-corrected chi connectivity index (χ3v) is 8.16.